The van der Waals surface area contributed by atoms with Crippen LogP contribution in [0.25, 0.3) is 0 Å². The molecular formula is C13H11BrClFN2. The third-order valence-electron chi connectivity index (χ3n) is 2.69. The Hall–Kier alpha value is -0.970. The number of aryl methyl sites for hydroxylation is 1. The largest absolute Gasteiger partial charge is 0.320 e. The first kappa shape index (κ1) is 13.5. The molecular weight excluding hydrogens is 319 g/mol. The van der Waals surface area contributed by atoms with E-state index in [1.54, 1.807) is 18.3 Å². The average Bonchev–Trinajstić information content (AvgIpc) is 2.36. The summed E-state index contributed by atoms with van der Waals surface area (Å²) in [6.07, 6.45) is 1.65. The highest BCUT2D eigenvalue weighted by molar-refractivity contribution is 9.10. The third kappa shape index (κ3) is 2.55. The standard InChI is InChI=1S/C13H11BrClFN2/c1-7-2-3-8(6-18-7)13(17)9-4-5-10(14)11(15)12(9)16/h2-6,13H,17H2,1H3. The van der Waals surface area contributed by atoms with E-state index < -0.39 is 11.9 Å². The fourth-order valence-electron chi connectivity index (χ4n) is 1.62. The molecule has 0 saturated carbocycles. The fourth-order valence-corrected chi connectivity index (χ4v) is 2.10. The minimum absolute atomic E-state index is 0.0445. The van der Waals surface area contributed by atoms with E-state index in [0.29, 0.717) is 10.0 Å². The zero-order chi connectivity index (χ0) is 13.3. The normalized spacial score (nSPS) is 12.5. The van der Waals surface area contributed by atoms with E-state index in [1.165, 1.54) is 0 Å². The average molecular weight is 330 g/mol. The van der Waals surface area contributed by atoms with Crippen LogP contribution in [0.3, 0.4) is 0 Å². The number of halogens is 3. The van der Waals surface area contributed by atoms with Crippen LogP contribution in [-0.2, 0) is 0 Å². The Balaban J connectivity index is 2.43. The second kappa shape index (κ2) is 5.34. The summed E-state index contributed by atoms with van der Waals surface area (Å²) in [5.41, 5.74) is 8.02. The van der Waals surface area contributed by atoms with Crippen LogP contribution in [-0.4, -0.2) is 4.98 Å². The molecule has 0 bridgehead atoms. The van der Waals surface area contributed by atoms with Crippen molar-refractivity contribution in [1.82, 2.24) is 4.98 Å². The zero-order valence-corrected chi connectivity index (χ0v) is 12.0. The van der Waals surface area contributed by atoms with E-state index in [2.05, 4.69) is 20.9 Å². The molecule has 18 heavy (non-hydrogen) atoms. The SMILES string of the molecule is Cc1ccc(C(N)c2ccc(Br)c(Cl)c2F)cn1. The molecule has 0 fully saturated rings. The Labute approximate surface area is 118 Å². The van der Waals surface area contributed by atoms with Gasteiger partial charge in [-0.25, -0.2) is 4.39 Å². The molecule has 2 N–H and O–H groups in total. The van der Waals surface area contributed by atoms with E-state index in [1.807, 2.05) is 19.1 Å². The molecule has 2 rings (SSSR count). The number of nitrogens with zero attached hydrogens (tertiary/aromatic N) is 1. The number of nitrogens with two attached hydrogens (primary N) is 1. The minimum atomic E-state index is -0.580. The summed E-state index contributed by atoms with van der Waals surface area (Å²) in [5.74, 6) is -0.501. The zero-order valence-electron chi connectivity index (χ0n) is 9.62. The van der Waals surface area contributed by atoms with Gasteiger partial charge in [0.2, 0.25) is 0 Å². The Kier molecular flexibility index (Phi) is 4.00. The van der Waals surface area contributed by atoms with Crippen LogP contribution < -0.4 is 5.73 Å². The molecule has 0 spiro atoms. The predicted molar refractivity (Wildman–Crippen MR) is 74.1 cm³/mol. The molecule has 0 amide bonds. The number of hydrogen-bond donors (Lipinski definition) is 1. The molecule has 0 radical (unpaired) electrons. The third-order valence-corrected chi connectivity index (χ3v) is 3.95. The maximum Gasteiger partial charge on any atom is 0.148 e. The van der Waals surface area contributed by atoms with Gasteiger partial charge < -0.3 is 5.73 Å². The predicted octanol–water partition coefficient (Wildman–Crippen LogP) is 3.99. The van der Waals surface area contributed by atoms with Gasteiger partial charge in [-0.3, -0.25) is 4.98 Å². The minimum Gasteiger partial charge on any atom is -0.320 e. The van der Waals surface area contributed by atoms with Crippen LogP contribution in [0.2, 0.25) is 5.02 Å². The molecule has 1 aromatic carbocycles. The van der Waals surface area contributed by atoms with Crippen molar-refractivity contribution in [1.29, 1.82) is 0 Å². The van der Waals surface area contributed by atoms with Crippen molar-refractivity contribution in [3.05, 3.63) is 62.6 Å². The highest BCUT2D eigenvalue weighted by Crippen LogP contribution is 2.31. The summed E-state index contributed by atoms with van der Waals surface area (Å²) in [7, 11) is 0. The van der Waals surface area contributed by atoms with Crippen molar-refractivity contribution in [3.8, 4) is 0 Å². The first-order chi connectivity index (χ1) is 8.50. The summed E-state index contributed by atoms with van der Waals surface area (Å²) in [4.78, 5) is 4.15. The smallest absolute Gasteiger partial charge is 0.148 e. The molecule has 1 aromatic heterocycles. The Morgan fingerprint density at radius 2 is 2.06 bits per heavy atom. The van der Waals surface area contributed by atoms with Gasteiger partial charge in [-0.2, -0.15) is 0 Å². The van der Waals surface area contributed by atoms with Crippen molar-refractivity contribution in [2.24, 2.45) is 5.73 Å². The summed E-state index contributed by atoms with van der Waals surface area (Å²) in [5, 5.41) is 0.0445. The van der Waals surface area contributed by atoms with Crippen molar-refractivity contribution in [2.75, 3.05) is 0 Å². The molecule has 1 atom stereocenters. The Bertz CT molecular complexity index is 572. The lowest BCUT2D eigenvalue weighted by Crippen LogP contribution is -2.14. The first-order valence-corrected chi connectivity index (χ1v) is 6.49. The molecule has 0 aliphatic rings. The molecule has 2 nitrogen and oxygen atoms in total. The maximum atomic E-state index is 14.0. The lowest BCUT2D eigenvalue weighted by molar-refractivity contribution is 0.599. The highest BCUT2D eigenvalue weighted by Gasteiger charge is 2.17. The van der Waals surface area contributed by atoms with Crippen LogP contribution in [0.4, 0.5) is 4.39 Å². The number of aromatic nitrogens is 1. The molecule has 1 unspecified atom stereocenters. The monoisotopic (exact) mass is 328 g/mol. The summed E-state index contributed by atoms with van der Waals surface area (Å²) in [6, 6.07) is 6.40. The molecule has 5 heteroatoms. The Morgan fingerprint density at radius 3 is 2.67 bits per heavy atom. The van der Waals surface area contributed by atoms with E-state index in [0.717, 1.165) is 11.3 Å². The number of pyridine rings is 1. The van der Waals surface area contributed by atoms with Gasteiger partial charge in [0.1, 0.15) is 5.82 Å². The summed E-state index contributed by atoms with van der Waals surface area (Å²) < 4.78 is 14.5. The summed E-state index contributed by atoms with van der Waals surface area (Å²) in [6.45, 7) is 1.88. The van der Waals surface area contributed by atoms with Gasteiger partial charge in [-0.1, -0.05) is 23.7 Å². The van der Waals surface area contributed by atoms with Crippen molar-refractivity contribution < 1.29 is 4.39 Å². The lowest BCUT2D eigenvalue weighted by Gasteiger charge is -2.14. The fraction of sp³-hybridized carbons (Fsp3) is 0.154. The van der Waals surface area contributed by atoms with E-state index in [9.17, 15) is 4.39 Å². The van der Waals surface area contributed by atoms with Gasteiger partial charge in [-0.05, 0) is 40.5 Å². The topological polar surface area (TPSA) is 38.9 Å². The molecule has 0 aliphatic heterocycles. The molecule has 2 aromatic rings. The highest BCUT2D eigenvalue weighted by atomic mass is 79.9. The van der Waals surface area contributed by atoms with E-state index in [-0.39, 0.29) is 5.02 Å². The van der Waals surface area contributed by atoms with Crippen molar-refractivity contribution in [3.63, 3.8) is 0 Å². The van der Waals surface area contributed by atoms with Gasteiger partial charge in [0.15, 0.2) is 0 Å². The van der Waals surface area contributed by atoms with Gasteiger partial charge in [-0.15, -0.1) is 0 Å². The van der Waals surface area contributed by atoms with Crippen LogP contribution in [0, 0.1) is 12.7 Å². The molecule has 0 aliphatic carbocycles. The van der Waals surface area contributed by atoms with Crippen molar-refractivity contribution in [2.45, 2.75) is 13.0 Å². The lowest BCUT2D eigenvalue weighted by atomic mass is 10.0. The number of rotatable bonds is 2. The quantitative estimate of drug-likeness (QED) is 0.846. The van der Waals surface area contributed by atoms with Crippen LogP contribution in [0.5, 0.6) is 0 Å². The van der Waals surface area contributed by atoms with Crippen LogP contribution in [0.15, 0.2) is 34.9 Å². The van der Waals surface area contributed by atoms with Crippen LogP contribution in [0.1, 0.15) is 22.9 Å². The summed E-state index contributed by atoms with van der Waals surface area (Å²) >= 11 is 9.02. The van der Waals surface area contributed by atoms with E-state index >= 15 is 0 Å². The van der Waals surface area contributed by atoms with Crippen LogP contribution >= 0.6 is 27.5 Å². The second-order valence-corrected chi connectivity index (χ2v) is 5.21. The molecule has 1 heterocycles. The van der Waals surface area contributed by atoms with Crippen molar-refractivity contribution >= 4 is 27.5 Å². The maximum absolute atomic E-state index is 14.0. The van der Waals surface area contributed by atoms with Gasteiger partial charge >= 0.3 is 0 Å². The van der Waals surface area contributed by atoms with Gasteiger partial charge in [0, 0.05) is 21.9 Å². The molecule has 94 valence electrons. The van der Waals surface area contributed by atoms with Gasteiger partial charge in [0.05, 0.1) is 11.1 Å². The number of benzene rings is 1. The van der Waals surface area contributed by atoms with E-state index in [4.69, 9.17) is 17.3 Å². The first-order valence-electron chi connectivity index (χ1n) is 5.32. The molecule has 0 saturated heterocycles. The van der Waals surface area contributed by atoms with Gasteiger partial charge in [0.25, 0.3) is 0 Å². The Morgan fingerprint density at radius 1 is 1.33 bits per heavy atom. The second-order valence-electron chi connectivity index (χ2n) is 3.98. The number of hydrogen-bond acceptors (Lipinski definition) is 2.